The molecule has 0 atom stereocenters. The lowest BCUT2D eigenvalue weighted by Gasteiger charge is -2.15. The van der Waals surface area contributed by atoms with Gasteiger partial charge in [-0.1, -0.05) is 32.4 Å². The number of rotatable bonds is 5. The highest BCUT2D eigenvalue weighted by Gasteiger charge is 2.34. The molecular formula is C18H18F4O. The molecule has 0 fully saturated rings. The highest BCUT2D eigenvalue weighted by atomic mass is 19.4. The summed E-state index contributed by atoms with van der Waals surface area (Å²) in [5.74, 6) is -0.717. The molecule has 0 saturated heterocycles. The van der Waals surface area contributed by atoms with Crippen molar-refractivity contribution in [3.05, 3.63) is 58.9 Å². The number of benzene rings is 2. The molecule has 1 nitrogen and oxygen atoms in total. The molecule has 23 heavy (non-hydrogen) atoms. The molecule has 124 valence electrons. The SMILES string of the molecule is CCCc1c(CC)cccc1Oc1ccc(C(F)(F)F)c(F)c1. The van der Waals surface area contributed by atoms with Crippen LogP contribution in [-0.2, 0) is 19.0 Å². The summed E-state index contributed by atoms with van der Waals surface area (Å²) in [6.07, 6.45) is -2.18. The van der Waals surface area contributed by atoms with E-state index < -0.39 is 17.6 Å². The normalized spacial score (nSPS) is 11.6. The van der Waals surface area contributed by atoms with Crippen molar-refractivity contribution in [1.29, 1.82) is 0 Å². The standard InChI is InChI=1S/C18H18F4O/c1-3-6-14-12(4-2)7-5-8-17(14)23-13-9-10-15(16(19)11-13)18(20,21)22/h5,7-11H,3-4,6H2,1-2H3. The van der Waals surface area contributed by atoms with Gasteiger partial charge in [-0.15, -0.1) is 0 Å². The minimum Gasteiger partial charge on any atom is -0.457 e. The molecule has 0 bridgehead atoms. The van der Waals surface area contributed by atoms with Crippen molar-refractivity contribution in [2.75, 3.05) is 0 Å². The van der Waals surface area contributed by atoms with Crippen LogP contribution >= 0.6 is 0 Å². The lowest BCUT2D eigenvalue weighted by atomic mass is 10.00. The zero-order valence-corrected chi connectivity index (χ0v) is 13.0. The van der Waals surface area contributed by atoms with E-state index in [-0.39, 0.29) is 5.75 Å². The van der Waals surface area contributed by atoms with Crippen LogP contribution in [0.2, 0.25) is 0 Å². The average molecular weight is 326 g/mol. The number of aryl methyl sites for hydroxylation is 1. The van der Waals surface area contributed by atoms with E-state index in [4.69, 9.17) is 4.74 Å². The van der Waals surface area contributed by atoms with Crippen LogP contribution in [0.15, 0.2) is 36.4 Å². The van der Waals surface area contributed by atoms with Gasteiger partial charge in [0.05, 0.1) is 5.56 Å². The Labute approximate surface area is 132 Å². The summed E-state index contributed by atoms with van der Waals surface area (Å²) in [7, 11) is 0. The fourth-order valence-corrected chi connectivity index (χ4v) is 2.49. The smallest absolute Gasteiger partial charge is 0.419 e. The van der Waals surface area contributed by atoms with Crippen LogP contribution in [0, 0.1) is 5.82 Å². The Morgan fingerprint density at radius 3 is 2.35 bits per heavy atom. The number of hydrogen-bond acceptors (Lipinski definition) is 1. The van der Waals surface area contributed by atoms with Gasteiger partial charge in [0, 0.05) is 6.07 Å². The molecule has 0 aliphatic carbocycles. The molecule has 2 aromatic carbocycles. The van der Waals surface area contributed by atoms with Crippen molar-refractivity contribution in [2.24, 2.45) is 0 Å². The summed E-state index contributed by atoms with van der Waals surface area (Å²) in [5, 5.41) is 0. The van der Waals surface area contributed by atoms with Gasteiger partial charge in [-0.2, -0.15) is 13.2 Å². The van der Waals surface area contributed by atoms with Crippen molar-refractivity contribution in [1.82, 2.24) is 0 Å². The van der Waals surface area contributed by atoms with Crippen LogP contribution in [0.1, 0.15) is 37.0 Å². The largest absolute Gasteiger partial charge is 0.457 e. The van der Waals surface area contributed by atoms with Gasteiger partial charge < -0.3 is 4.74 Å². The molecule has 0 unspecified atom stereocenters. The predicted molar refractivity (Wildman–Crippen MR) is 81.3 cm³/mol. The fourth-order valence-electron chi connectivity index (χ4n) is 2.49. The second-order valence-electron chi connectivity index (χ2n) is 5.24. The molecule has 5 heteroatoms. The van der Waals surface area contributed by atoms with E-state index in [1.165, 1.54) is 0 Å². The first kappa shape index (κ1) is 17.3. The lowest BCUT2D eigenvalue weighted by molar-refractivity contribution is -0.140. The van der Waals surface area contributed by atoms with Crippen molar-refractivity contribution in [3.63, 3.8) is 0 Å². The molecule has 0 heterocycles. The first-order valence-corrected chi connectivity index (χ1v) is 7.52. The zero-order valence-electron chi connectivity index (χ0n) is 13.0. The third kappa shape index (κ3) is 4.03. The Morgan fingerprint density at radius 1 is 1.04 bits per heavy atom. The van der Waals surface area contributed by atoms with Crippen LogP contribution in [0.3, 0.4) is 0 Å². The van der Waals surface area contributed by atoms with Gasteiger partial charge in [0.1, 0.15) is 17.3 Å². The number of hydrogen-bond donors (Lipinski definition) is 0. The molecule has 2 rings (SSSR count). The molecular weight excluding hydrogens is 308 g/mol. The molecule has 0 spiro atoms. The molecule has 0 saturated carbocycles. The van der Waals surface area contributed by atoms with Crippen LogP contribution < -0.4 is 4.74 Å². The molecule has 0 aromatic heterocycles. The maximum Gasteiger partial charge on any atom is 0.419 e. The molecule has 0 amide bonds. The fraction of sp³-hybridized carbons (Fsp3) is 0.333. The van der Waals surface area contributed by atoms with Gasteiger partial charge in [0.2, 0.25) is 0 Å². The van der Waals surface area contributed by atoms with E-state index in [0.29, 0.717) is 11.8 Å². The molecule has 0 aliphatic rings. The average Bonchev–Trinajstić information content (AvgIpc) is 2.48. The number of ether oxygens (including phenoxy) is 1. The Hall–Kier alpha value is -2.04. The van der Waals surface area contributed by atoms with Gasteiger partial charge in [-0.25, -0.2) is 4.39 Å². The first-order chi connectivity index (χ1) is 10.9. The van der Waals surface area contributed by atoms with Crippen LogP contribution in [0.25, 0.3) is 0 Å². The van der Waals surface area contributed by atoms with E-state index in [1.54, 1.807) is 6.07 Å². The van der Waals surface area contributed by atoms with Crippen LogP contribution in [0.5, 0.6) is 11.5 Å². The minimum absolute atomic E-state index is 0.0566. The Balaban J connectivity index is 2.34. The Kier molecular flexibility index (Phi) is 5.29. The summed E-state index contributed by atoms with van der Waals surface area (Å²) in [6.45, 7) is 4.06. The first-order valence-electron chi connectivity index (χ1n) is 7.52. The van der Waals surface area contributed by atoms with Crippen LogP contribution in [0.4, 0.5) is 17.6 Å². The summed E-state index contributed by atoms with van der Waals surface area (Å²) >= 11 is 0. The summed E-state index contributed by atoms with van der Waals surface area (Å²) in [4.78, 5) is 0. The second kappa shape index (κ2) is 7.02. The minimum atomic E-state index is -4.71. The predicted octanol–water partition coefficient (Wildman–Crippen LogP) is 6.15. The maximum atomic E-state index is 13.6. The highest BCUT2D eigenvalue weighted by Crippen LogP contribution is 2.35. The Morgan fingerprint density at radius 2 is 1.78 bits per heavy atom. The van der Waals surface area contributed by atoms with Gasteiger partial charge in [-0.05, 0) is 42.2 Å². The second-order valence-corrected chi connectivity index (χ2v) is 5.24. The van der Waals surface area contributed by atoms with E-state index in [0.717, 1.165) is 42.5 Å². The number of halogens is 4. The third-order valence-corrected chi connectivity index (χ3v) is 3.58. The van der Waals surface area contributed by atoms with Crippen molar-refractivity contribution in [2.45, 2.75) is 39.3 Å². The van der Waals surface area contributed by atoms with E-state index in [1.807, 2.05) is 26.0 Å². The zero-order chi connectivity index (χ0) is 17.0. The van der Waals surface area contributed by atoms with Gasteiger partial charge in [0.25, 0.3) is 0 Å². The van der Waals surface area contributed by atoms with Crippen LogP contribution in [-0.4, -0.2) is 0 Å². The monoisotopic (exact) mass is 326 g/mol. The topological polar surface area (TPSA) is 9.23 Å². The summed E-state index contributed by atoms with van der Waals surface area (Å²) in [5.41, 5.74) is 0.843. The van der Waals surface area contributed by atoms with Crippen molar-refractivity contribution >= 4 is 0 Å². The molecule has 0 radical (unpaired) electrons. The van der Waals surface area contributed by atoms with E-state index in [9.17, 15) is 17.6 Å². The van der Waals surface area contributed by atoms with Crippen molar-refractivity contribution < 1.29 is 22.3 Å². The highest BCUT2D eigenvalue weighted by molar-refractivity contribution is 5.43. The third-order valence-electron chi connectivity index (χ3n) is 3.58. The molecule has 0 N–H and O–H groups in total. The quantitative estimate of drug-likeness (QED) is 0.599. The molecule has 0 aliphatic heterocycles. The summed E-state index contributed by atoms with van der Waals surface area (Å²) < 4.78 is 57.1. The van der Waals surface area contributed by atoms with E-state index in [2.05, 4.69) is 0 Å². The Bertz CT molecular complexity index is 677. The lowest BCUT2D eigenvalue weighted by Crippen LogP contribution is -2.08. The van der Waals surface area contributed by atoms with Gasteiger partial charge >= 0.3 is 6.18 Å². The molecule has 2 aromatic rings. The van der Waals surface area contributed by atoms with Crippen molar-refractivity contribution in [3.8, 4) is 11.5 Å². The summed E-state index contributed by atoms with van der Waals surface area (Å²) in [6, 6.07) is 8.18. The van der Waals surface area contributed by atoms with Gasteiger partial charge in [-0.3, -0.25) is 0 Å². The maximum absolute atomic E-state index is 13.6. The van der Waals surface area contributed by atoms with E-state index >= 15 is 0 Å². The number of alkyl halides is 3. The van der Waals surface area contributed by atoms with Gasteiger partial charge in [0.15, 0.2) is 0 Å².